The first-order valence-electron chi connectivity index (χ1n) is 3.98. The Morgan fingerprint density at radius 2 is 2.42 bits per heavy atom. The molecule has 2 N–H and O–H groups in total. The maximum absolute atomic E-state index is 12.7. The van der Waals surface area contributed by atoms with Crippen molar-refractivity contribution in [2.75, 3.05) is 13.6 Å². The lowest BCUT2D eigenvalue weighted by atomic mass is 10.2. The van der Waals surface area contributed by atoms with Crippen molar-refractivity contribution in [2.24, 2.45) is 5.73 Å². The molecule has 0 spiro atoms. The van der Waals surface area contributed by atoms with Crippen LogP contribution in [0.2, 0.25) is 0 Å². The van der Waals surface area contributed by atoms with Gasteiger partial charge in [0.05, 0.1) is 0 Å². The maximum atomic E-state index is 12.7. The molecule has 4 heteroatoms. The first-order valence-corrected chi connectivity index (χ1v) is 3.98. The van der Waals surface area contributed by atoms with E-state index in [1.807, 2.05) is 11.9 Å². The summed E-state index contributed by atoms with van der Waals surface area (Å²) in [5, 5.41) is 0. The lowest BCUT2D eigenvalue weighted by Gasteiger charge is -2.14. The fraction of sp³-hybridized carbons (Fsp3) is 0.625. The van der Waals surface area contributed by atoms with E-state index in [9.17, 15) is 9.18 Å². The number of nitrogens with zero attached hydrogens (tertiary/aromatic N) is 1. The van der Waals surface area contributed by atoms with Gasteiger partial charge in [0, 0.05) is 6.04 Å². The third kappa shape index (κ3) is 2.04. The standard InChI is InChI=1S/C8H13FN2O/c1-11-4-2-3-6(11)5-7(9)8(10)12/h5-6H,2-4H2,1H3,(H2,10,12)/b7-5+. The number of carbonyl (C=O) groups excluding carboxylic acids is 1. The van der Waals surface area contributed by atoms with Gasteiger partial charge >= 0.3 is 0 Å². The van der Waals surface area contributed by atoms with E-state index in [-0.39, 0.29) is 6.04 Å². The summed E-state index contributed by atoms with van der Waals surface area (Å²) in [6.45, 7) is 0.952. The largest absolute Gasteiger partial charge is 0.364 e. The minimum atomic E-state index is -0.977. The number of primary amides is 1. The van der Waals surface area contributed by atoms with E-state index in [1.165, 1.54) is 6.08 Å². The second kappa shape index (κ2) is 3.67. The molecule has 1 amide bonds. The molecular formula is C8H13FN2O. The molecule has 12 heavy (non-hydrogen) atoms. The first-order chi connectivity index (χ1) is 5.61. The molecule has 0 aliphatic carbocycles. The summed E-state index contributed by atoms with van der Waals surface area (Å²) in [7, 11) is 1.91. The third-order valence-corrected chi connectivity index (χ3v) is 2.15. The van der Waals surface area contributed by atoms with E-state index in [1.54, 1.807) is 0 Å². The van der Waals surface area contributed by atoms with Crippen LogP contribution < -0.4 is 5.73 Å². The Morgan fingerprint density at radius 3 is 2.83 bits per heavy atom. The molecule has 1 aliphatic rings. The Labute approximate surface area is 71.0 Å². The van der Waals surface area contributed by atoms with Crippen LogP contribution in [0.15, 0.2) is 11.9 Å². The molecule has 0 bridgehead atoms. The highest BCUT2D eigenvalue weighted by Crippen LogP contribution is 2.17. The van der Waals surface area contributed by atoms with Crippen molar-refractivity contribution in [3.63, 3.8) is 0 Å². The predicted molar refractivity (Wildman–Crippen MR) is 44.0 cm³/mol. The van der Waals surface area contributed by atoms with Gasteiger partial charge in [-0.25, -0.2) is 4.39 Å². The first kappa shape index (κ1) is 9.19. The number of rotatable bonds is 2. The van der Waals surface area contributed by atoms with Gasteiger partial charge in [0.2, 0.25) is 0 Å². The van der Waals surface area contributed by atoms with Gasteiger partial charge in [0.15, 0.2) is 5.83 Å². The minimum Gasteiger partial charge on any atom is -0.364 e. The highest BCUT2D eigenvalue weighted by molar-refractivity contribution is 5.89. The Bertz CT molecular complexity index is 215. The predicted octanol–water partition coefficient (Wildman–Crippen LogP) is 0.419. The average Bonchev–Trinajstić information content (AvgIpc) is 2.36. The molecule has 0 saturated carbocycles. The second-order valence-electron chi connectivity index (χ2n) is 3.07. The van der Waals surface area contributed by atoms with Crippen LogP contribution in [0.5, 0.6) is 0 Å². The Balaban J connectivity index is 2.59. The number of carbonyl (C=O) groups is 1. The zero-order valence-corrected chi connectivity index (χ0v) is 7.09. The molecule has 0 radical (unpaired) electrons. The lowest BCUT2D eigenvalue weighted by Crippen LogP contribution is -2.24. The van der Waals surface area contributed by atoms with Gasteiger partial charge in [-0.1, -0.05) is 0 Å². The summed E-state index contributed by atoms with van der Waals surface area (Å²) in [6.07, 6.45) is 3.25. The molecule has 0 aromatic carbocycles. The molecule has 3 nitrogen and oxygen atoms in total. The van der Waals surface area contributed by atoms with Crippen molar-refractivity contribution >= 4 is 5.91 Å². The Hall–Kier alpha value is -0.900. The number of amides is 1. The summed E-state index contributed by atoms with van der Waals surface area (Å²) < 4.78 is 12.7. The smallest absolute Gasteiger partial charge is 0.277 e. The van der Waals surface area contributed by atoms with Gasteiger partial charge in [-0.3, -0.25) is 9.69 Å². The number of likely N-dealkylation sites (N-methyl/N-ethyl adjacent to an activating group) is 1. The minimum absolute atomic E-state index is 0.0394. The number of hydrogen-bond donors (Lipinski definition) is 1. The van der Waals surface area contributed by atoms with Crippen LogP contribution in [0.4, 0.5) is 4.39 Å². The van der Waals surface area contributed by atoms with E-state index in [0.29, 0.717) is 0 Å². The van der Waals surface area contributed by atoms with Gasteiger partial charge in [0.1, 0.15) is 0 Å². The van der Waals surface area contributed by atoms with E-state index in [4.69, 9.17) is 5.73 Å². The van der Waals surface area contributed by atoms with Crippen molar-refractivity contribution in [2.45, 2.75) is 18.9 Å². The van der Waals surface area contributed by atoms with E-state index >= 15 is 0 Å². The van der Waals surface area contributed by atoms with Crippen molar-refractivity contribution in [1.29, 1.82) is 0 Å². The fourth-order valence-corrected chi connectivity index (χ4v) is 1.40. The van der Waals surface area contributed by atoms with Crippen molar-refractivity contribution in [3.8, 4) is 0 Å². The number of hydrogen-bond acceptors (Lipinski definition) is 2. The molecular weight excluding hydrogens is 159 g/mol. The zero-order chi connectivity index (χ0) is 9.14. The van der Waals surface area contributed by atoms with Gasteiger partial charge < -0.3 is 5.73 Å². The summed E-state index contributed by atoms with van der Waals surface area (Å²) >= 11 is 0. The van der Waals surface area contributed by atoms with Crippen LogP contribution >= 0.6 is 0 Å². The van der Waals surface area contributed by atoms with Crippen molar-refractivity contribution in [3.05, 3.63) is 11.9 Å². The lowest BCUT2D eigenvalue weighted by molar-refractivity contribution is -0.115. The molecule has 1 aliphatic heterocycles. The zero-order valence-electron chi connectivity index (χ0n) is 7.09. The van der Waals surface area contributed by atoms with Crippen molar-refractivity contribution < 1.29 is 9.18 Å². The molecule has 1 fully saturated rings. The van der Waals surface area contributed by atoms with Gasteiger partial charge in [0.25, 0.3) is 5.91 Å². The molecule has 1 heterocycles. The van der Waals surface area contributed by atoms with Gasteiger partial charge in [-0.2, -0.15) is 0 Å². The second-order valence-corrected chi connectivity index (χ2v) is 3.07. The topological polar surface area (TPSA) is 46.3 Å². The van der Waals surface area contributed by atoms with Crippen LogP contribution in [0.3, 0.4) is 0 Å². The van der Waals surface area contributed by atoms with Crippen molar-refractivity contribution in [1.82, 2.24) is 4.90 Å². The van der Waals surface area contributed by atoms with Crippen LogP contribution in [-0.2, 0) is 4.79 Å². The third-order valence-electron chi connectivity index (χ3n) is 2.15. The normalized spacial score (nSPS) is 26.2. The monoisotopic (exact) mass is 172 g/mol. The highest BCUT2D eigenvalue weighted by Gasteiger charge is 2.20. The SMILES string of the molecule is CN1CCCC1/C=C(/F)C(N)=O. The highest BCUT2D eigenvalue weighted by atomic mass is 19.1. The summed E-state index contributed by atoms with van der Waals surface area (Å²) in [4.78, 5) is 12.4. The number of likely N-dealkylation sites (tertiary alicyclic amines) is 1. The number of halogens is 1. The average molecular weight is 172 g/mol. The van der Waals surface area contributed by atoms with E-state index in [0.717, 1.165) is 19.4 Å². The molecule has 0 aromatic rings. The fourth-order valence-electron chi connectivity index (χ4n) is 1.40. The molecule has 1 saturated heterocycles. The Kier molecular flexibility index (Phi) is 2.81. The molecule has 1 unspecified atom stereocenters. The van der Waals surface area contributed by atoms with E-state index < -0.39 is 11.7 Å². The number of nitrogens with two attached hydrogens (primary N) is 1. The molecule has 1 atom stereocenters. The molecule has 0 aromatic heterocycles. The van der Waals surface area contributed by atoms with Gasteiger partial charge in [-0.15, -0.1) is 0 Å². The van der Waals surface area contributed by atoms with Crippen LogP contribution in [0.25, 0.3) is 0 Å². The Morgan fingerprint density at radius 1 is 1.75 bits per heavy atom. The molecule has 68 valence electrons. The van der Waals surface area contributed by atoms with Crippen LogP contribution in [-0.4, -0.2) is 30.4 Å². The summed E-state index contributed by atoms with van der Waals surface area (Å²) in [6, 6.07) is 0.0394. The van der Waals surface area contributed by atoms with E-state index in [2.05, 4.69) is 0 Å². The van der Waals surface area contributed by atoms with Gasteiger partial charge in [-0.05, 0) is 32.5 Å². The van der Waals surface area contributed by atoms with Crippen LogP contribution in [0, 0.1) is 0 Å². The summed E-state index contributed by atoms with van der Waals surface area (Å²) in [5.41, 5.74) is 4.76. The molecule has 1 rings (SSSR count). The van der Waals surface area contributed by atoms with Crippen LogP contribution in [0.1, 0.15) is 12.8 Å². The summed E-state index contributed by atoms with van der Waals surface area (Å²) in [5.74, 6) is -1.80. The maximum Gasteiger partial charge on any atom is 0.277 e. The quantitative estimate of drug-likeness (QED) is 0.613.